The Kier molecular flexibility index (Phi) is 5.51. The lowest BCUT2D eigenvalue weighted by Gasteiger charge is -2.12. The molecule has 0 aromatic rings. The van der Waals surface area contributed by atoms with E-state index in [1.165, 1.54) is 0 Å². The Morgan fingerprint density at radius 1 is 1.42 bits per heavy atom. The normalized spacial score (nSPS) is 14.9. The SMILES string of the molecule is CCNC(N)=NCC(C)C(C)C. The molecule has 72 valence electrons. The molecule has 0 aromatic heterocycles. The molecule has 0 aromatic carbocycles. The molecule has 3 N–H and O–H groups in total. The maximum atomic E-state index is 5.57. The number of guanidine groups is 1. The van der Waals surface area contributed by atoms with Crippen molar-refractivity contribution >= 4 is 5.96 Å². The quantitative estimate of drug-likeness (QED) is 0.493. The zero-order valence-corrected chi connectivity index (χ0v) is 8.59. The van der Waals surface area contributed by atoms with Gasteiger partial charge in [0.05, 0.1) is 0 Å². The molecule has 0 heterocycles. The van der Waals surface area contributed by atoms with Crippen LogP contribution in [0.25, 0.3) is 0 Å². The Bertz CT molecular complexity index is 141. The Morgan fingerprint density at radius 2 is 2.00 bits per heavy atom. The second kappa shape index (κ2) is 5.86. The lowest BCUT2D eigenvalue weighted by Crippen LogP contribution is -2.32. The highest BCUT2D eigenvalue weighted by molar-refractivity contribution is 5.77. The van der Waals surface area contributed by atoms with Crippen LogP contribution in [0.2, 0.25) is 0 Å². The number of nitrogens with two attached hydrogens (primary N) is 1. The van der Waals surface area contributed by atoms with Gasteiger partial charge in [0.25, 0.3) is 0 Å². The standard InChI is InChI=1S/C9H21N3/c1-5-11-9(10)12-6-8(4)7(2)3/h7-8H,5-6H2,1-4H3,(H3,10,11,12). The van der Waals surface area contributed by atoms with Gasteiger partial charge in [-0.15, -0.1) is 0 Å². The van der Waals surface area contributed by atoms with E-state index in [1.807, 2.05) is 6.92 Å². The van der Waals surface area contributed by atoms with Gasteiger partial charge in [-0.3, -0.25) is 4.99 Å². The van der Waals surface area contributed by atoms with Crippen molar-refractivity contribution < 1.29 is 0 Å². The van der Waals surface area contributed by atoms with E-state index in [0.29, 0.717) is 17.8 Å². The molecule has 0 amide bonds. The van der Waals surface area contributed by atoms with Gasteiger partial charge in [-0.1, -0.05) is 20.8 Å². The molecule has 1 atom stereocenters. The molecule has 3 heteroatoms. The van der Waals surface area contributed by atoms with Crippen molar-refractivity contribution in [3.63, 3.8) is 0 Å². The molecule has 0 radical (unpaired) electrons. The maximum absolute atomic E-state index is 5.57. The van der Waals surface area contributed by atoms with Gasteiger partial charge in [0.1, 0.15) is 0 Å². The first-order valence-electron chi connectivity index (χ1n) is 4.61. The third kappa shape index (κ3) is 4.99. The summed E-state index contributed by atoms with van der Waals surface area (Å²) in [7, 11) is 0. The first-order valence-corrected chi connectivity index (χ1v) is 4.61. The molecular weight excluding hydrogens is 150 g/mol. The van der Waals surface area contributed by atoms with Gasteiger partial charge in [0, 0.05) is 13.1 Å². The lowest BCUT2D eigenvalue weighted by molar-refractivity contribution is 0.430. The van der Waals surface area contributed by atoms with E-state index in [9.17, 15) is 0 Å². The van der Waals surface area contributed by atoms with Crippen LogP contribution in [0.3, 0.4) is 0 Å². The highest BCUT2D eigenvalue weighted by Gasteiger charge is 2.05. The highest BCUT2D eigenvalue weighted by atomic mass is 15.1. The van der Waals surface area contributed by atoms with Crippen LogP contribution in [0.1, 0.15) is 27.7 Å². The molecule has 0 spiro atoms. The van der Waals surface area contributed by atoms with Crippen molar-refractivity contribution in [1.29, 1.82) is 0 Å². The van der Waals surface area contributed by atoms with Gasteiger partial charge >= 0.3 is 0 Å². The fourth-order valence-electron chi connectivity index (χ4n) is 0.690. The second-order valence-corrected chi connectivity index (χ2v) is 3.48. The molecule has 0 aliphatic carbocycles. The largest absolute Gasteiger partial charge is 0.370 e. The fourth-order valence-corrected chi connectivity index (χ4v) is 0.690. The summed E-state index contributed by atoms with van der Waals surface area (Å²) < 4.78 is 0. The van der Waals surface area contributed by atoms with E-state index in [4.69, 9.17) is 5.73 Å². The predicted molar refractivity (Wildman–Crippen MR) is 54.2 cm³/mol. The predicted octanol–water partition coefficient (Wildman–Crippen LogP) is 1.20. The van der Waals surface area contributed by atoms with E-state index in [1.54, 1.807) is 0 Å². The van der Waals surface area contributed by atoms with E-state index >= 15 is 0 Å². The van der Waals surface area contributed by atoms with Crippen LogP contribution in [0.5, 0.6) is 0 Å². The number of hydrogen-bond acceptors (Lipinski definition) is 1. The molecule has 0 fully saturated rings. The van der Waals surface area contributed by atoms with Crippen molar-refractivity contribution in [2.24, 2.45) is 22.6 Å². The smallest absolute Gasteiger partial charge is 0.188 e. The Hall–Kier alpha value is -0.730. The molecule has 12 heavy (non-hydrogen) atoms. The zero-order valence-electron chi connectivity index (χ0n) is 8.59. The molecule has 0 saturated heterocycles. The summed E-state index contributed by atoms with van der Waals surface area (Å²) in [4.78, 5) is 4.22. The summed E-state index contributed by atoms with van der Waals surface area (Å²) in [6, 6.07) is 0. The minimum Gasteiger partial charge on any atom is -0.370 e. The molecular formula is C9H21N3. The molecule has 3 nitrogen and oxygen atoms in total. The number of aliphatic imine (C=N–C) groups is 1. The van der Waals surface area contributed by atoms with Gasteiger partial charge in [0.15, 0.2) is 5.96 Å². The average molecular weight is 171 g/mol. The van der Waals surface area contributed by atoms with Crippen molar-refractivity contribution in [2.45, 2.75) is 27.7 Å². The van der Waals surface area contributed by atoms with Crippen molar-refractivity contribution in [2.75, 3.05) is 13.1 Å². The maximum Gasteiger partial charge on any atom is 0.188 e. The second-order valence-electron chi connectivity index (χ2n) is 3.48. The van der Waals surface area contributed by atoms with Gasteiger partial charge < -0.3 is 11.1 Å². The van der Waals surface area contributed by atoms with Gasteiger partial charge in [-0.25, -0.2) is 0 Å². The summed E-state index contributed by atoms with van der Waals surface area (Å²) in [6.07, 6.45) is 0. The first kappa shape index (κ1) is 11.3. The number of rotatable bonds is 4. The van der Waals surface area contributed by atoms with Gasteiger partial charge in [-0.05, 0) is 18.8 Å². The van der Waals surface area contributed by atoms with Crippen LogP contribution in [0, 0.1) is 11.8 Å². The lowest BCUT2D eigenvalue weighted by atomic mass is 9.99. The van der Waals surface area contributed by atoms with Crippen LogP contribution in [0.15, 0.2) is 4.99 Å². The van der Waals surface area contributed by atoms with E-state index in [-0.39, 0.29) is 0 Å². The Labute approximate surface area is 75.4 Å². The van der Waals surface area contributed by atoms with Crippen LogP contribution >= 0.6 is 0 Å². The van der Waals surface area contributed by atoms with Gasteiger partial charge in [-0.2, -0.15) is 0 Å². The van der Waals surface area contributed by atoms with E-state index in [2.05, 4.69) is 31.1 Å². The Morgan fingerprint density at radius 3 is 2.42 bits per heavy atom. The molecule has 0 aliphatic rings. The summed E-state index contributed by atoms with van der Waals surface area (Å²) in [5.41, 5.74) is 5.57. The Balaban J connectivity index is 3.71. The van der Waals surface area contributed by atoms with Crippen molar-refractivity contribution in [1.82, 2.24) is 5.32 Å². The summed E-state index contributed by atoms with van der Waals surface area (Å²) in [5.74, 6) is 1.83. The number of hydrogen-bond donors (Lipinski definition) is 2. The summed E-state index contributed by atoms with van der Waals surface area (Å²) in [6.45, 7) is 10.2. The molecule has 0 bridgehead atoms. The van der Waals surface area contributed by atoms with E-state index in [0.717, 1.165) is 13.1 Å². The average Bonchev–Trinajstić information content (AvgIpc) is 2.00. The minimum atomic E-state index is 0.560. The molecule has 1 unspecified atom stereocenters. The highest BCUT2D eigenvalue weighted by Crippen LogP contribution is 2.08. The van der Waals surface area contributed by atoms with Crippen molar-refractivity contribution in [3.8, 4) is 0 Å². The molecule has 0 aliphatic heterocycles. The third-order valence-electron chi connectivity index (χ3n) is 2.05. The zero-order chi connectivity index (χ0) is 9.56. The van der Waals surface area contributed by atoms with E-state index < -0.39 is 0 Å². The number of nitrogens with zero attached hydrogens (tertiary/aromatic N) is 1. The fraction of sp³-hybridized carbons (Fsp3) is 0.889. The monoisotopic (exact) mass is 171 g/mol. The minimum absolute atomic E-state index is 0.560. The topological polar surface area (TPSA) is 50.4 Å². The van der Waals surface area contributed by atoms with Crippen LogP contribution in [0.4, 0.5) is 0 Å². The summed E-state index contributed by atoms with van der Waals surface area (Å²) in [5, 5.41) is 2.97. The van der Waals surface area contributed by atoms with Crippen molar-refractivity contribution in [3.05, 3.63) is 0 Å². The van der Waals surface area contributed by atoms with Crippen LogP contribution in [-0.2, 0) is 0 Å². The third-order valence-corrected chi connectivity index (χ3v) is 2.05. The molecule has 0 saturated carbocycles. The van der Waals surface area contributed by atoms with Gasteiger partial charge in [0.2, 0.25) is 0 Å². The molecule has 0 rings (SSSR count). The van der Waals surface area contributed by atoms with Crippen LogP contribution < -0.4 is 11.1 Å². The van der Waals surface area contributed by atoms with Crippen LogP contribution in [-0.4, -0.2) is 19.0 Å². The summed E-state index contributed by atoms with van der Waals surface area (Å²) >= 11 is 0. The number of nitrogens with one attached hydrogen (secondary N) is 1. The first-order chi connectivity index (χ1) is 5.57.